The molecule has 6 nitrogen and oxygen atoms in total. The van der Waals surface area contributed by atoms with E-state index in [2.05, 4.69) is 15.2 Å². The van der Waals surface area contributed by atoms with Crippen LogP contribution in [0.3, 0.4) is 0 Å². The predicted molar refractivity (Wildman–Crippen MR) is 134 cm³/mol. The Morgan fingerprint density at radius 2 is 1.97 bits per heavy atom. The molecule has 2 aromatic carbocycles. The van der Waals surface area contributed by atoms with Crippen LogP contribution < -0.4 is 4.74 Å². The van der Waals surface area contributed by atoms with Crippen molar-refractivity contribution in [1.29, 1.82) is 0 Å². The molecule has 2 heterocycles. The standard InChI is InChI=1S/C24H21ClF2N4O2.C2H6/c1-3-33-21-9-15(8-19(25)22(21)14-5-4-6-17(27)7-14)24(32)31(2)13-16-11-28-20(10-26)18-12-29-30-23(16)18;1-2/h4-9,11-12H,3,10,13H2,1-2H3,(H,29,30);1-2H3. The summed E-state index contributed by atoms with van der Waals surface area (Å²) in [6, 6.07) is 9.16. The number of aromatic nitrogens is 3. The molecule has 1 amide bonds. The summed E-state index contributed by atoms with van der Waals surface area (Å²) in [6.07, 6.45) is 3.05. The number of amides is 1. The first-order chi connectivity index (χ1) is 16.9. The van der Waals surface area contributed by atoms with Crippen LogP contribution >= 0.6 is 11.6 Å². The summed E-state index contributed by atoms with van der Waals surface area (Å²) in [7, 11) is 1.64. The number of carbonyl (C=O) groups excluding carboxylic acids is 1. The Morgan fingerprint density at radius 3 is 2.66 bits per heavy atom. The average Bonchev–Trinajstić information content (AvgIpc) is 3.35. The summed E-state index contributed by atoms with van der Waals surface area (Å²) in [6.45, 7) is 5.66. The zero-order valence-corrected chi connectivity index (χ0v) is 20.8. The van der Waals surface area contributed by atoms with E-state index < -0.39 is 12.5 Å². The fourth-order valence-electron chi connectivity index (χ4n) is 3.71. The topological polar surface area (TPSA) is 71.1 Å². The van der Waals surface area contributed by atoms with Crippen molar-refractivity contribution in [1.82, 2.24) is 20.1 Å². The molecular formula is C26H27ClF2N4O2. The van der Waals surface area contributed by atoms with Gasteiger partial charge < -0.3 is 9.64 Å². The fourth-order valence-corrected chi connectivity index (χ4v) is 4.03. The molecule has 0 fully saturated rings. The number of aromatic amines is 1. The van der Waals surface area contributed by atoms with Gasteiger partial charge in [-0.25, -0.2) is 8.78 Å². The van der Waals surface area contributed by atoms with Gasteiger partial charge in [0.2, 0.25) is 0 Å². The lowest BCUT2D eigenvalue weighted by Gasteiger charge is -2.20. The molecular weight excluding hydrogens is 474 g/mol. The van der Waals surface area contributed by atoms with Crippen LogP contribution in [-0.2, 0) is 13.2 Å². The maximum absolute atomic E-state index is 13.8. The molecule has 35 heavy (non-hydrogen) atoms. The van der Waals surface area contributed by atoms with Gasteiger partial charge in [-0.05, 0) is 36.8 Å². The number of halogens is 3. The van der Waals surface area contributed by atoms with Gasteiger partial charge in [0.1, 0.15) is 18.2 Å². The maximum Gasteiger partial charge on any atom is 0.254 e. The van der Waals surface area contributed by atoms with E-state index in [0.717, 1.165) is 0 Å². The molecule has 0 aliphatic carbocycles. The third-order valence-electron chi connectivity index (χ3n) is 5.24. The minimum absolute atomic E-state index is 0.213. The zero-order chi connectivity index (χ0) is 25.5. The summed E-state index contributed by atoms with van der Waals surface area (Å²) >= 11 is 6.53. The molecule has 0 unspecified atom stereocenters. The van der Waals surface area contributed by atoms with Crippen LogP contribution in [0.15, 0.2) is 48.8 Å². The van der Waals surface area contributed by atoms with Crippen molar-refractivity contribution in [2.45, 2.75) is 34.0 Å². The molecule has 0 atom stereocenters. The number of alkyl halides is 1. The van der Waals surface area contributed by atoms with Crippen molar-refractivity contribution in [3.63, 3.8) is 0 Å². The summed E-state index contributed by atoms with van der Waals surface area (Å²) in [5, 5.41) is 7.67. The molecule has 0 bridgehead atoms. The number of rotatable bonds is 7. The largest absolute Gasteiger partial charge is 0.493 e. The first-order valence-corrected chi connectivity index (χ1v) is 11.6. The summed E-state index contributed by atoms with van der Waals surface area (Å²) in [5.74, 6) is -0.313. The Morgan fingerprint density at radius 1 is 1.20 bits per heavy atom. The van der Waals surface area contributed by atoms with Gasteiger partial charge in [0.25, 0.3) is 5.91 Å². The van der Waals surface area contributed by atoms with Crippen molar-refractivity contribution in [3.8, 4) is 16.9 Å². The van der Waals surface area contributed by atoms with E-state index in [1.54, 1.807) is 31.3 Å². The van der Waals surface area contributed by atoms with Crippen LogP contribution in [0.4, 0.5) is 8.78 Å². The zero-order valence-electron chi connectivity index (χ0n) is 20.0. The number of hydrogen-bond acceptors (Lipinski definition) is 4. The van der Waals surface area contributed by atoms with Crippen molar-refractivity contribution in [3.05, 3.63) is 76.5 Å². The molecule has 4 rings (SSSR count). The number of fused-ring (bicyclic) bond motifs is 1. The second-order valence-electron chi connectivity index (χ2n) is 7.46. The van der Waals surface area contributed by atoms with Gasteiger partial charge in [-0.1, -0.05) is 37.6 Å². The van der Waals surface area contributed by atoms with E-state index in [9.17, 15) is 13.6 Å². The lowest BCUT2D eigenvalue weighted by atomic mass is 10.0. The first kappa shape index (κ1) is 26.1. The number of nitrogens with zero attached hydrogens (tertiary/aromatic N) is 3. The number of nitrogens with one attached hydrogen (secondary N) is 1. The van der Waals surface area contributed by atoms with Crippen LogP contribution in [-0.4, -0.2) is 39.6 Å². The molecule has 9 heteroatoms. The number of H-pyrrole nitrogens is 1. The Balaban J connectivity index is 0.00000167. The third-order valence-corrected chi connectivity index (χ3v) is 5.54. The quantitative estimate of drug-likeness (QED) is 0.311. The molecule has 0 aliphatic rings. The Labute approximate surface area is 207 Å². The normalized spacial score (nSPS) is 10.6. The van der Waals surface area contributed by atoms with Crippen molar-refractivity contribution in [2.24, 2.45) is 0 Å². The lowest BCUT2D eigenvalue weighted by Crippen LogP contribution is -2.26. The first-order valence-electron chi connectivity index (χ1n) is 11.3. The van der Waals surface area contributed by atoms with E-state index in [4.69, 9.17) is 16.3 Å². The van der Waals surface area contributed by atoms with Crippen molar-refractivity contribution in [2.75, 3.05) is 13.7 Å². The molecule has 0 saturated carbocycles. The van der Waals surface area contributed by atoms with Gasteiger partial charge in [-0.3, -0.25) is 14.9 Å². The molecule has 0 spiro atoms. The highest BCUT2D eigenvalue weighted by molar-refractivity contribution is 6.34. The summed E-state index contributed by atoms with van der Waals surface area (Å²) < 4.78 is 32.7. The van der Waals surface area contributed by atoms with E-state index in [1.807, 2.05) is 20.8 Å². The van der Waals surface area contributed by atoms with Crippen molar-refractivity contribution >= 4 is 28.4 Å². The molecule has 2 aromatic heterocycles. The minimum Gasteiger partial charge on any atom is -0.493 e. The Bertz CT molecular complexity index is 1330. The highest BCUT2D eigenvalue weighted by atomic mass is 35.5. The number of ether oxygens (including phenoxy) is 1. The van der Waals surface area contributed by atoms with E-state index in [1.165, 1.54) is 29.4 Å². The second-order valence-corrected chi connectivity index (χ2v) is 7.87. The Kier molecular flexibility index (Phi) is 8.76. The number of carbonyl (C=O) groups is 1. The average molecular weight is 501 g/mol. The van der Waals surface area contributed by atoms with Gasteiger partial charge >= 0.3 is 0 Å². The third kappa shape index (κ3) is 5.59. The smallest absolute Gasteiger partial charge is 0.254 e. The summed E-state index contributed by atoms with van der Waals surface area (Å²) in [4.78, 5) is 18.8. The fraction of sp³-hybridized carbons (Fsp3) is 0.269. The lowest BCUT2D eigenvalue weighted by molar-refractivity contribution is 0.0785. The highest BCUT2D eigenvalue weighted by Gasteiger charge is 2.20. The van der Waals surface area contributed by atoms with Crippen LogP contribution in [0.2, 0.25) is 5.02 Å². The molecule has 1 N–H and O–H groups in total. The van der Waals surface area contributed by atoms with E-state index in [0.29, 0.717) is 45.5 Å². The van der Waals surface area contributed by atoms with Gasteiger partial charge in [-0.2, -0.15) is 5.10 Å². The van der Waals surface area contributed by atoms with E-state index >= 15 is 0 Å². The number of benzene rings is 2. The SMILES string of the molecule is CC.CCOc1cc(C(=O)N(C)Cc2cnc(CF)c3cn[nH]c23)cc(Cl)c1-c1cccc(F)c1. The molecule has 184 valence electrons. The van der Waals surface area contributed by atoms with Crippen LogP contribution in [0.5, 0.6) is 5.75 Å². The maximum atomic E-state index is 13.8. The molecule has 0 radical (unpaired) electrons. The van der Waals surface area contributed by atoms with Crippen molar-refractivity contribution < 1.29 is 18.3 Å². The molecule has 4 aromatic rings. The number of pyridine rings is 1. The van der Waals surface area contributed by atoms with Gasteiger partial charge in [0.15, 0.2) is 0 Å². The van der Waals surface area contributed by atoms with Gasteiger partial charge in [-0.15, -0.1) is 0 Å². The van der Waals surface area contributed by atoms with E-state index in [-0.39, 0.29) is 23.2 Å². The van der Waals surface area contributed by atoms with Gasteiger partial charge in [0.05, 0.1) is 29.0 Å². The second kappa shape index (κ2) is 11.8. The predicted octanol–water partition coefficient (Wildman–Crippen LogP) is 6.58. The van der Waals surface area contributed by atoms with Crippen LogP contribution in [0, 0.1) is 5.82 Å². The number of hydrogen-bond donors (Lipinski definition) is 1. The molecule has 0 saturated heterocycles. The monoisotopic (exact) mass is 500 g/mol. The summed E-state index contributed by atoms with van der Waals surface area (Å²) in [5.41, 5.74) is 3.01. The minimum atomic E-state index is -0.707. The van der Waals surface area contributed by atoms with Gasteiger partial charge in [0, 0.05) is 41.9 Å². The van der Waals surface area contributed by atoms with Crippen LogP contribution in [0.25, 0.3) is 22.0 Å². The highest BCUT2D eigenvalue weighted by Crippen LogP contribution is 2.38. The molecule has 0 aliphatic heterocycles. The van der Waals surface area contributed by atoms with Crippen LogP contribution in [0.1, 0.15) is 42.4 Å². The Hall–Kier alpha value is -3.52.